The molecule has 17 heavy (non-hydrogen) atoms. The Bertz CT molecular complexity index is 467. The number of nitrogens with zero attached hydrogens (tertiary/aromatic N) is 1. The third-order valence-corrected chi connectivity index (χ3v) is 2.99. The van der Waals surface area contributed by atoms with Crippen LogP contribution in [0.5, 0.6) is 0 Å². The van der Waals surface area contributed by atoms with Gasteiger partial charge in [0.1, 0.15) is 17.7 Å². The molecule has 1 atom stereocenters. The molecule has 2 rings (SSSR count). The Hall–Kier alpha value is -1.23. The van der Waals surface area contributed by atoms with Gasteiger partial charge in [-0.2, -0.15) is 0 Å². The van der Waals surface area contributed by atoms with E-state index in [0.29, 0.717) is 22.3 Å². The molecule has 0 saturated heterocycles. The highest BCUT2D eigenvalue weighted by atomic mass is 79.9. The number of hydrogen-bond acceptors (Lipinski definition) is 2. The predicted molar refractivity (Wildman–Crippen MR) is 67.5 cm³/mol. The third kappa shape index (κ3) is 2.72. The van der Waals surface area contributed by atoms with Gasteiger partial charge in [-0.15, -0.1) is 0 Å². The lowest BCUT2D eigenvalue weighted by Crippen LogP contribution is -2.29. The smallest absolute Gasteiger partial charge is 0.250 e. The number of amides is 1. The van der Waals surface area contributed by atoms with Crippen LogP contribution in [0.15, 0.2) is 27.7 Å². The molecule has 0 spiro atoms. The molecule has 1 aromatic rings. The lowest BCUT2D eigenvalue weighted by Gasteiger charge is -2.02. The van der Waals surface area contributed by atoms with E-state index in [2.05, 4.69) is 26.2 Å². The van der Waals surface area contributed by atoms with Gasteiger partial charge in [-0.25, -0.2) is 4.39 Å². The normalized spacial score (nSPS) is 19.1. The molecule has 1 heterocycles. The maximum absolute atomic E-state index is 13.2. The van der Waals surface area contributed by atoms with Crippen LogP contribution in [-0.2, 0) is 4.79 Å². The van der Waals surface area contributed by atoms with Gasteiger partial charge >= 0.3 is 0 Å². The number of rotatable bonds is 3. The number of benzene rings is 1. The van der Waals surface area contributed by atoms with E-state index in [0.717, 1.165) is 6.42 Å². The second-order valence-electron chi connectivity index (χ2n) is 3.93. The van der Waals surface area contributed by atoms with Crippen LogP contribution in [0.2, 0.25) is 0 Å². The summed E-state index contributed by atoms with van der Waals surface area (Å²) in [5.41, 5.74) is 0.587. The van der Waals surface area contributed by atoms with E-state index in [1.807, 2.05) is 6.92 Å². The van der Waals surface area contributed by atoms with Crippen molar-refractivity contribution in [3.8, 4) is 0 Å². The largest absolute Gasteiger partial charge is 0.309 e. The zero-order valence-electron chi connectivity index (χ0n) is 9.34. The number of nitrogens with one attached hydrogen (secondary N) is 1. The first-order valence-corrected chi connectivity index (χ1v) is 6.24. The minimum Gasteiger partial charge on any atom is -0.309 e. The molecule has 1 aliphatic rings. The van der Waals surface area contributed by atoms with E-state index in [1.54, 1.807) is 6.07 Å². The van der Waals surface area contributed by atoms with Crippen LogP contribution in [-0.4, -0.2) is 17.8 Å². The fourth-order valence-corrected chi connectivity index (χ4v) is 2.22. The van der Waals surface area contributed by atoms with Crippen molar-refractivity contribution in [1.82, 2.24) is 5.32 Å². The molecule has 90 valence electrons. The van der Waals surface area contributed by atoms with Crippen molar-refractivity contribution in [3.05, 3.63) is 34.1 Å². The Balaban J connectivity index is 2.29. The zero-order chi connectivity index (χ0) is 12.4. The summed E-state index contributed by atoms with van der Waals surface area (Å²) in [6.45, 7) is 2.00. The highest BCUT2D eigenvalue weighted by Crippen LogP contribution is 2.18. The summed E-state index contributed by atoms with van der Waals surface area (Å²) in [5, 5.41) is 2.68. The van der Waals surface area contributed by atoms with Gasteiger partial charge in [0.05, 0.1) is 0 Å². The number of aliphatic imine (C=N–C) groups is 1. The molecule has 0 aliphatic carbocycles. The molecule has 5 heteroatoms. The van der Waals surface area contributed by atoms with E-state index >= 15 is 0 Å². The van der Waals surface area contributed by atoms with Crippen LogP contribution in [0.1, 0.15) is 25.3 Å². The minimum atomic E-state index is -0.356. The van der Waals surface area contributed by atoms with E-state index in [-0.39, 0.29) is 17.8 Å². The number of amidine groups is 1. The summed E-state index contributed by atoms with van der Waals surface area (Å²) >= 11 is 3.21. The van der Waals surface area contributed by atoms with Crippen LogP contribution in [0.3, 0.4) is 0 Å². The Kier molecular flexibility index (Phi) is 3.57. The van der Waals surface area contributed by atoms with Crippen LogP contribution in [0.4, 0.5) is 4.39 Å². The van der Waals surface area contributed by atoms with Crippen molar-refractivity contribution >= 4 is 27.7 Å². The first-order chi connectivity index (χ1) is 8.10. The van der Waals surface area contributed by atoms with E-state index in [1.165, 1.54) is 12.1 Å². The molecule has 0 saturated carbocycles. The van der Waals surface area contributed by atoms with Crippen LogP contribution < -0.4 is 5.32 Å². The Morgan fingerprint density at radius 2 is 2.24 bits per heavy atom. The first-order valence-electron chi connectivity index (χ1n) is 5.45. The molecule has 1 amide bonds. The molecule has 1 aliphatic heterocycles. The Labute approximate surface area is 107 Å². The number of hydrogen-bond donors (Lipinski definition) is 1. The maximum Gasteiger partial charge on any atom is 0.250 e. The summed E-state index contributed by atoms with van der Waals surface area (Å²) in [7, 11) is 0. The lowest BCUT2D eigenvalue weighted by molar-refractivity contribution is -0.120. The van der Waals surface area contributed by atoms with Crippen LogP contribution in [0, 0.1) is 5.82 Å². The highest BCUT2D eigenvalue weighted by molar-refractivity contribution is 9.10. The molecule has 0 bridgehead atoms. The number of halogens is 2. The van der Waals surface area contributed by atoms with Gasteiger partial charge in [-0.1, -0.05) is 29.3 Å². The first kappa shape index (κ1) is 12.2. The number of carbonyl (C=O) groups is 1. The van der Waals surface area contributed by atoms with E-state index in [9.17, 15) is 9.18 Å². The van der Waals surface area contributed by atoms with Crippen molar-refractivity contribution in [3.63, 3.8) is 0 Å². The van der Waals surface area contributed by atoms with Crippen molar-refractivity contribution in [2.24, 2.45) is 4.99 Å². The second-order valence-corrected chi connectivity index (χ2v) is 4.85. The quantitative estimate of drug-likeness (QED) is 0.916. The van der Waals surface area contributed by atoms with Gasteiger partial charge in [-0.3, -0.25) is 9.79 Å². The molecular formula is C12H12BrFN2O. The fraction of sp³-hybridized carbons (Fsp3) is 0.333. The van der Waals surface area contributed by atoms with Gasteiger partial charge in [0.15, 0.2) is 0 Å². The lowest BCUT2D eigenvalue weighted by atomic mass is 10.2. The fourth-order valence-electron chi connectivity index (χ4n) is 1.75. The van der Waals surface area contributed by atoms with E-state index in [4.69, 9.17) is 0 Å². The maximum atomic E-state index is 13.2. The van der Waals surface area contributed by atoms with E-state index < -0.39 is 0 Å². The predicted octanol–water partition coefficient (Wildman–Crippen LogP) is 2.63. The van der Waals surface area contributed by atoms with Crippen molar-refractivity contribution in [2.45, 2.75) is 25.8 Å². The summed E-state index contributed by atoms with van der Waals surface area (Å²) in [4.78, 5) is 15.9. The molecule has 3 nitrogen and oxygen atoms in total. The zero-order valence-corrected chi connectivity index (χ0v) is 10.9. The van der Waals surface area contributed by atoms with Crippen LogP contribution in [0.25, 0.3) is 0 Å². The van der Waals surface area contributed by atoms with Gasteiger partial charge < -0.3 is 5.32 Å². The summed E-state index contributed by atoms with van der Waals surface area (Å²) in [5.74, 6) is -0.0128. The summed E-state index contributed by atoms with van der Waals surface area (Å²) < 4.78 is 13.9. The average molecular weight is 299 g/mol. The average Bonchev–Trinajstić information content (AvgIpc) is 2.60. The third-order valence-electron chi connectivity index (χ3n) is 2.53. The van der Waals surface area contributed by atoms with Gasteiger partial charge in [-0.05, 0) is 24.6 Å². The molecule has 0 radical (unpaired) electrons. The molecule has 1 unspecified atom stereocenters. The Morgan fingerprint density at radius 3 is 2.88 bits per heavy atom. The second kappa shape index (κ2) is 4.96. The molecule has 1 aromatic carbocycles. The highest BCUT2D eigenvalue weighted by Gasteiger charge is 2.26. The molecule has 0 fully saturated rings. The van der Waals surface area contributed by atoms with Crippen LogP contribution >= 0.6 is 15.9 Å². The standard InChI is InChI=1S/C12H12BrFN2O/c1-2-3-10-12(17)16-11(15-10)7-4-8(13)6-9(14)5-7/h4-6,10H,2-3H2,1H3,(H,15,16,17). The number of carbonyl (C=O) groups excluding carboxylic acids is 1. The monoisotopic (exact) mass is 298 g/mol. The van der Waals surface area contributed by atoms with Gasteiger partial charge in [0, 0.05) is 10.0 Å². The SMILES string of the molecule is CCCC1N=C(c2cc(F)cc(Br)c2)NC1=O. The molecule has 1 N–H and O–H groups in total. The molecule has 0 aromatic heterocycles. The minimum absolute atomic E-state index is 0.109. The van der Waals surface area contributed by atoms with Crippen molar-refractivity contribution in [2.75, 3.05) is 0 Å². The summed E-state index contributed by atoms with van der Waals surface area (Å²) in [6, 6.07) is 4.12. The van der Waals surface area contributed by atoms with Crippen molar-refractivity contribution < 1.29 is 9.18 Å². The molecular weight excluding hydrogens is 287 g/mol. The van der Waals surface area contributed by atoms with Gasteiger partial charge in [0.2, 0.25) is 5.91 Å². The summed E-state index contributed by atoms with van der Waals surface area (Å²) in [6.07, 6.45) is 1.60. The Morgan fingerprint density at radius 1 is 1.47 bits per heavy atom. The van der Waals surface area contributed by atoms with Crippen molar-refractivity contribution in [1.29, 1.82) is 0 Å². The van der Waals surface area contributed by atoms with Gasteiger partial charge in [0.25, 0.3) is 0 Å². The topological polar surface area (TPSA) is 41.5 Å².